The van der Waals surface area contributed by atoms with Crippen molar-refractivity contribution in [2.45, 2.75) is 5.92 Å². The molecule has 0 saturated carbocycles. The molecule has 3 aromatic rings. The molecule has 0 fully saturated rings. The molecule has 2 aliphatic rings. The maximum atomic E-state index is 2.39. The average Bonchev–Trinajstić information content (AvgIpc) is 3.24. The smallest absolute Gasteiger partial charge is 0.0733 e. The van der Waals surface area contributed by atoms with Crippen molar-refractivity contribution in [2.75, 3.05) is 0 Å². The molecule has 0 amide bonds. The molecule has 1 aliphatic carbocycles. The number of allylic oxidation sites excluding steroid dienone is 4. The van der Waals surface area contributed by atoms with Gasteiger partial charge in [0.1, 0.15) is 0 Å². The SMILES string of the molecule is C1=CC2C(=C1)[Si](c1ccccc1)(c1ccccc1)c1ccccc12. The molecule has 3 aromatic carbocycles. The van der Waals surface area contributed by atoms with Gasteiger partial charge in [0.25, 0.3) is 0 Å². The van der Waals surface area contributed by atoms with Crippen LogP contribution in [-0.4, -0.2) is 8.07 Å². The van der Waals surface area contributed by atoms with Crippen LogP contribution in [0.2, 0.25) is 0 Å². The van der Waals surface area contributed by atoms with Crippen molar-refractivity contribution in [3.63, 3.8) is 0 Å². The monoisotopic (exact) mass is 322 g/mol. The highest BCUT2D eigenvalue weighted by Gasteiger charge is 2.52. The number of hydrogen-bond acceptors (Lipinski definition) is 0. The minimum atomic E-state index is -2.14. The lowest BCUT2D eigenvalue weighted by Gasteiger charge is -2.31. The van der Waals surface area contributed by atoms with Crippen molar-refractivity contribution < 1.29 is 0 Å². The first-order valence-corrected chi connectivity index (χ1v) is 10.5. The van der Waals surface area contributed by atoms with Crippen LogP contribution in [0.15, 0.2) is 108 Å². The number of fused-ring (bicyclic) bond motifs is 3. The van der Waals surface area contributed by atoms with Crippen LogP contribution in [0.4, 0.5) is 0 Å². The van der Waals surface area contributed by atoms with E-state index in [1.807, 2.05) is 0 Å². The third-order valence-corrected chi connectivity index (χ3v) is 10.5. The van der Waals surface area contributed by atoms with Crippen molar-refractivity contribution in [2.24, 2.45) is 0 Å². The Bertz CT molecular complexity index is 912. The van der Waals surface area contributed by atoms with E-state index in [2.05, 4.69) is 103 Å². The highest BCUT2D eigenvalue weighted by Crippen LogP contribution is 2.41. The summed E-state index contributed by atoms with van der Waals surface area (Å²) in [5.74, 6) is 0.452. The largest absolute Gasteiger partial charge is 0.176 e. The molecule has 5 rings (SSSR count). The number of benzene rings is 3. The van der Waals surface area contributed by atoms with Crippen LogP contribution in [-0.2, 0) is 0 Å². The molecule has 0 bridgehead atoms. The summed E-state index contributed by atoms with van der Waals surface area (Å²) in [6.07, 6.45) is 7.01. The van der Waals surface area contributed by atoms with Crippen LogP contribution in [0.25, 0.3) is 0 Å². The summed E-state index contributed by atoms with van der Waals surface area (Å²) in [6, 6.07) is 31.4. The lowest BCUT2D eigenvalue weighted by atomic mass is 10.0. The molecule has 1 atom stereocenters. The number of hydrogen-bond donors (Lipinski definition) is 0. The van der Waals surface area contributed by atoms with Crippen LogP contribution in [0.5, 0.6) is 0 Å². The van der Waals surface area contributed by atoms with Crippen molar-refractivity contribution >= 4 is 23.6 Å². The van der Waals surface area contributed by atoms with E-state index < -0.39 is 8.07 Å². The third kappa shape index (κ3) is 1.68. The van der Waals surface area contributed by atoms with Gasteiger partial charge in [0.05, 0.1) is 0 Å². The van der Waals surface area contributed by atoms with Crippen LogP contribution in [0.1, 0.15) is 11.5 Å². The van der Waals surface area contributed by atoms with Gasteiger partial charge in [-0.2, -0.15) is 0 Å². The summed E-state index contributed by atoms with van der Waals surface area (Å²) in [5, 5.41) is 6.14. The van der Waals surface area contributed by atoms with Crippen molar-refractivity contribution in [3.8, 4) is 0 Å². The van der Waals surface area contributed by atoms with E-state index in [-0.39, 0.29) is 0 Å². The molecule has 0 saturated heterocycles. The van der Waals surface area contributed by atoms with Gasteiger partial charge in [-0.15, -0.1) is 0 Å². The van der Waals surface area contributed by atoms with Crippen LogP contribution in [0.3, 0.4) is 0 Å². The highest BCUT2D eigenvalue weighted by molar-refractivity contribution is 7.17. The Morgan fingerprint density at radius 2 is 1.21 bits per heavy atom. The maximum Gasteiger partial charge on any atom is 0.176 e. The van der Waals surface area contributed by atoms with E-state index in [1.165, 1.54) is 15.9 Å². The molecule has 0 spiro atoms. The fourth-order valence-electron chi connectivity index (χ4n) is 4.56. The van der Waals surface area contributed by atoms with Gasteiger partial charge in [-0.05, 0) is 21.1 Å². The van der Waals surface area contributed by atoms with E-state index >= 15 is 0 Å². The van der Waals surface area contributed by atoms with Crippen LogP contribution >= 0.6 is 0 Å². The predicted molar refractivity (Wildman–Crippen MR) is 104 cm³/mol. The molecule has 0 radical (unpaired) electrons. The Kier molecular flexibility index (Phi) is 2.97. The minimum Gasteiger partial charge on any atom is -0.0733 e. The first-order valence-electron chi connectivity index (χ1n) is 8.51. The molecule has 0 aromatic heterocycles. The highest BCUT2D eigenvalue weighted by atomic mass is 28.3. The topological polar surface area (TPSA) is 0 Å². The Morgan fingerprint density at radius 3 is 1.88 bits per heavy atom. The van der Waals surface area contributed by atoms with Gasteiger partial charge in [0.2, 0.25) is 0 Å². The zero-order chi connectivity index (χ0) is 16.0. The summed E-state index contributed by atoms with van der Waals surface area (Å²) in [5.41, 5.74) is 1.50. The summed E-state index contributed by atoms with van der Waals surface area (Å²) >= 11 is 0. The molecule has 114 valence electrons. The lowest BCUT2D eigenvalue weighted by molar-refractivity contribution is 1.11. The molecule has 1 heteroatoms. The second-order valence-electron chi connectivity index (χ2n) is 6.55. The van der Waals surface area contributed by atoms with Gasteiger partial charge >= 0.3 is 0 Å². The van der Waals surface area contributed by atoms with Gasteiger partial charge in [0, 0.05) is 5.92 Å². The molecule has 0 N–H and O–H groups in total. The first-order chi connectivity index (χ1) is 11.9. The molecule has 1 heterocycles. The number of rotatable bonds is 2. The van der Waals surface area contributed by atoms with Crippen LogP contribution in [0, 0.1) is 0 Å². The second kappa shape index (κ2) is 5.18. The van der Waals surface area contributed by atoms with Gasteiger partial charge in [0.15, 0.2) is 8.07 Å². The van der Waals surface area contributed by atoms with Gasteiger partial charge in [-0.1, -0.05) is 108 Å². The third-order valence-electron chi connectivity index (χ3n) is 5.46. The predicted octanol–water partition coefficient (Wildman–Crippen LogP) is 3.29. The van der Waals surface area contributed by atoms with Crippen LogP contribution < -0.4 is 15.6 Å². The standard InChI is InChI=1S/C23H18Si/c1-3-10-18(11-4-1)24(19-12-5-2-6-13-19)22-16-8-7-14-20(22)21-15-9-17-23(21)24/h1-17,21H. The normalized spacial score (nSPS) is 19.7. The quantitative estimate of drug-likeness (QED) is 0.635. The van der Waals surface area contributed by atoms with E-state index in [0.717, 1.165) is 0 Å². The van der Waals surface area contributed by atoms with E-state index in [0.29, 0.717) is 5.92 Å². The molecule has 1 aliphatic heterocycles. The molecular formula is C23H18Si. The molecular weight excluding hydrogens is 304 g/mol. The van der Waals surface area contributed by atoms with Crippen molar-refractivity contribution in [1.29, 1.82) is 0 Å². The summed E-state index contributed by atoms with van der Waals surface area (Å²) in [4.78, 5) is 0. The van der Waals surface area contributed by atoms with Gasteiger partial charge < -0.3 is 0 Å². The Balaban J connectivity index is 1.92. The summed E-state index contributed by atoms with van der Waals surface area (Å²) < 4.78 is 0. The van der Waals surface area contributed by atoms with Gasteiger partial charge in [-0.25, -0.2) is 0 Å². The van der Waals surface area contributed by atoms with Gasteiger partial charge in [-0.3, -0.25) is 0 Å². The average molecular weight is 322 g/mol. The van der Waals surface area contributed by atoms with E-state index in [9.17, 15) is 0 Å². The second-order valence-corrected chi connectivity index (χ2v) is 10.3. The Morgan fingerprint density at radius 1 is 0.625 bits per heavy atom. The minimum absolute atomic E-state index is 0.452. The Labute approximate surface area is 143 Å². The van der Waals surface area contributed by atoms with Crippen molar-refractivity contribution in [3.05, 3.63) is 114 Å². The molecule has 1 unspecified atom stereocenters. The summed E-state index contributed by atoms with van der Waals surface area (Å²) in [7, 11) is -2.14. The molecule has 24 heavy (non-hydrogen) atoms. The fraction of sp³-hybridized carbons (Fsp3) is 0.0435. The lowest BCUT2D eigenvalue weighted by Crippen LogP contribution is -2.66. The zero-order valence-corrected chi connectivity index (χ0v) is 14.4. The first kappa shape index (κ1) is 13.8. The fourth-order valence-corrected chi connectivity index (χ4v) is 9.96. The zero-order valence-electron chi connectivity index (χ0n) is 13.4. The van der Waals surface area contributed by atoms with E-state index in [1.54, 1.807) is 10.4 Å². The summed E-state index contributed by atoms with van der Waals surface area (Å²) in [6.45, 7) is 0. The van der Waals surface area contributed by atoms with Crippen molar-refractivity contribution in [1.82, 2.24) is 0 Å². The maximum absolute atomic E-state index is 2.39. The molecule has 0 nitrogen and oxygen atoms in total. The van der Waals surface area contributed by atoms with E-state index in [4.69, 9.17) is 0 Å². The Hall–Kier alpha value is -2.64.